The summed E-state index contributed by atoms with van der Waals surface area (Å²) in [4.78, 5) is 14.2. The first-order chi connectivity index (χ1) is 8.09. The molecule has 0 aromatic heterocycles. The number of ether oxygens (including phenoxy) is 2. The van der Waals surface area contributed by atoms with Crippen LogP contribution in [0.5, 0.6) is 0 Å². The van der Waals surface area contributed by atoms with Gasteiger partial charge in [0.15, 0.2) is 0 Å². The minimum atomic E-state index is -0.326. The van der Waals surface area contributed by atoms with E-state index in [4.69, 9.17) is 9.47 Å². The summed E-state index contributed by atoms with van der Waals surface area (Å²) in [6, 6.07) is 0. The van der Waals surface area contributed by atoms with Crippen molar-refractivity contribution in [3.8, 4) is 0 Å². The van der Waals surface area contributed by atoms with Crippen LogP contribution in [0.4, 0.5) is 0 Å². The lowest BCUT2D eigenvalue weighted by atomic mass is 9.92. The highest BCUT2D eigenvalue weighted by molar-refractivity contribution is 5.81. The van der Waals surface area contributed by atoms with Gasteiger partial charge in [0.1, 0.15) is 6.10 Å². The molecule has 5 heteroatoms. The fourth-order valence-electron chi connectivity index (χ4n) is 2.26. The van der Waals surface area contributed by atoms with Gasteiger partial charge in [0.05, 0.1) is 6.61 Å². The Bertz CT molecular complexity index is 277. The van der Waals surface area contributed by atoms with Crippen LogP contribution in [0.1, 0.15) is 19.8 Å². The first-order valence-corrected chi connectivity index (χ1v) is 6.29. The van der Waals surface area contributed by atoms with E-state index < -0.39 is 0 Å². The van der Waals surface area contributed by atoms with Crippen molar-refractivity contribution in [2.45, 2.75) is 31.4 Å². The van der Waals surface area contributed by atoms with Crippen LogP contribution in [0.2, 0.25) is 0 Å². The van der Waals surface area contributed by atoms with Crippen LogP contribution in [0, 0.1) is 0 Å². The normalized spacial score (nSPS) is 29.9. The van der Waals surface area contributed by atoms with Crippen molar-refractivity contribution in [3.05, 3.63) is 0 Å². The molecule has 1 amide bonds. The molecular formula is C12H22N2O3. The van der Waals surface area contributed by atoms with Crippen molar-refractivity contribution < 1.29 is 14.3 Å². The molecule has 17 heavy (non-hydrogen) atoms. The Hall–Kier alpha value is -0.650. The molecule has 0 bridgehead atoms. The highest BCUT2D eigenvalue weighted by atomic mass is 16.5. The molecule has 5 nitrogen and oxygen atoms in total. The van der Waals surface area contributed by atoms with Crippen molar-refractivity contribution in [3.63, 3.8) is 0 Å². The van der Waals surface area contributed by atoms with Crippen LogP contribution >= 0.6 is 0 Å². The lowest BCUT2D eigenvalue weighted by Crippen LogP contribution is -2.56. The highest BCUT2D eigenvalue weighted by Crippen LogP contribution is 2.20. The first kappa shape index (κ1) is 12.8. The number of carbonyl (C=O) groups excluding carboxylic acids is 1. The van der Waals surface area contributed by atoms with Crippen LogP contribution in [-0.2, 0) is 14.3 Å². The van der Waals surface area contributed by atoms with Gasteiger partial charge >= 0.3 is 0 Å². The third-order valence-corrected chi connectivity index (χ3v) is 3.58. The van der Waals surface area contributed by atoms with Crippen molar-refractivity contribution in [1.82, 2.24) is 10.2 Å². The van der Waals surface area contributed by atoms with Gasteiger partial charge in [-0.15, -0.1) is 0 Å². The number of morpholine rings is 1. The fourth-order valence-corrected chi connectivity index (χ4v) is 2.26. The van der Waals surface area contributed by atoms with Crippen LogP contribution in [0.25, 0.3) is 0 Å². The number of hydrogen-bond acceptors (Lipinski definition) is 4. The van der Waals surface area contributed by atoms with Crippen LogP contribution in [0.15, 0.2) is 0 Å². The highest BCUT2D eigenvalue weighted by Gasteiger charge is 2.33. The molecule has 0 aliphatic carbocycles. The molecular weight excluding hydrogens is 220 g/mol. The minimum absolute atomic E-state index is 0.0148. The number of hydrogen-bond donors (Lipinski definition) is 1. The molecule has 2 rings (SSSR count). The molecule has 2 heterocycles. The average Bonchev–Trinajstić information content (AvgIpc) is 2.29. The van der Waals surface area contributed by atoms with Gasteiger partial charge in [-0.05, 0) is 26.8 Å². The van der Waals surface area contributed by atoms with Crippen molar-refractivity contribution in [2.24, 2.45) is 0 Å². The van der Waals surface area contributed by atoms with E-state index in [1.54, 1.807) is 0 Å². The van der Waals surface area contributed by atoms with E-state index in [1.807, 2.05) is 7.05 Å². The Morgan fingerprint density at radius 1 is 1.35 bits per heavy atom. The summed E-state index contributed by atoms with van der Waals surface area (Å²) in [6.07, 6.45) is 1.43. The fraction of sp³-hybridized carbons (Fsp3) is 0.917. The second-order valence-electron chi connectivity index (χ2n) is 5.28. The summed E-state index contributed by atoms with van der Waals surface area (Å²) in [5.41, 5.74) is -0.130. The third kappa shape index (κ3) is 3.40. The zero-order chi connectivity index (χ0) is 12.3. The molecule has 0 saturated carbocycles. The molecule has 2 aliphatic rings. The molecule has 0 aromatic rings. The molecule has 0 unspecified atom stereocenters. The second kappa shape index (κ2) is 5.33. The number of carbonyl (C=O) groups is 1. The smallest absolute Gasteiger partial charge is 0.250 e. The topological polar surface area (TPSA) is 50.8 Å². The van der Waals surface area contributed by atoms with E-state index in [-0.39, 0.29) is 17.6 Å². The number of amides is 1. The summed E-state index contributed by atoms with van der Waals surface area (Å²) >= 11 is 0. The van der Waals surface area contributed by atoms with E-state index in [0.717, 1.165) is 32.6 Å². The summed E-state index contributed by atoms with van der Waals surface area (Å²) in [5, 5.41) is 3.11. The van der Waals surface area contributed by atoms with Gasteiger partial charge in [0, 0.05) is 31.8 Å². The number of likely N-dealkylation sites (N-methyl/N-ethyl adjacent to an activating group) is 1. The zero-order valence-electron chi connectivity index (χ0n) is 10.7. The van der Waals surface area contributed by atoms with Crippen molar-refractivity contribution in [1.29, 1.82) is 0 Å². The quantitative estimate of drug-likeness (QED) is 0.740. The molecule has 1 N–H and O–H groups in total. The molecule has 1 atom stereocenters. The van der Waals surface area contributed by atoms with E-state index in [9.17, 15) is 4.79 Å². The summed E-state index contributed by atoms with van der Waals surface area (Å²) in [7, 11) is 2.01. The molecule has 0 aromatic carbocycles. The van der Waals surface area contributed by atoms with Gasteiger partial charge in [0.2, 0.25) is 0 Å². The molecule has 0 spiro atoms. The van der Waals surface area contributed by atoms with E-state index >= 15 is 0 Å². The predicted octanol–water partition coefficient (Wildman–Crippen LogP) is 0.00230. The first-order valence-electron chi connectivity index (χ1n) is 6.29. The second-order valence-corrected chi connectivity index (χ2v) is 5.28. The third-order valence-electron chi connectivity index (χ3n) is 3.58. The molecule has 0 radical (unpaired) electrons. The lowest BCUT2D eigenvalue weighted by molar-refractivity contribution is -0.140. The number of nitrogens with one attached hydrogen (secondary N) is 1. The maximum Gasteiger partial charge on any atom is 0.250 e. The molecule has 2 fully saturated rings. The van der Waals surface area contributed by atoms with E-state index in [0.29, 0.717) is 13.2 Å². The monoisotopic (exact) mass is 242 g/mol. The van der Waals surface area contributed by atoms with Gasteiger partial charge in [-0.25, -0.2) is 0 Å². The summed E-state index contributed by atoms with van der Waals surface area (Å²) < 4.78 is 10.8. The van der Waals surface area contributed by atoms with Gasteiger partial charge in [-0.2, -0.15) is 0 Å². The molecule has 98 valence electrons. The Kier molecular flexibility index (Phi) is 4.01. The number of rotatable bonds is 2. The molecule has 2 saturated heterocycles. The Morgan fingerprint density at radius 2 is 2.06 bits per heavy atom. The average molecular weight is 242 g/mol. The van der Waals surface area contributed by atoms with Gasteiger partial charge < -0.3 is 19.7 Å². The van der Waals surface area contributed by atoms with Crippen molar-refractivity contribution in [2.75, 3.05) is 40.0 Å². The standard InChI is InChI=1S/C12H22N2O3/c1-12(3-6-16-7-4-12)13-11(15)10-9-14(2)5-8-17-10/h10H,3-9H2,1-2H3,(H,13,15)/t10-/m0/s1. The minimum Gasteiger partial charge on any atom is -0.381 e. The summed E-state index contributed by atoms with van der Waals surface area (Å²) in [6.45, 7) is 5.74. The SMILES string of the molecule is CN1CCO[C@H](C(=O)NC2(C)CCOCC2)C1. The lowest BCUT2D eigenvalue weighted by Gasteiger charge is -2.37. The summed E-state index contributed by atoms with van der Waals surface area (Å²) in [5.74, 6) is 0.0148. The van der Waals surface area contributed by atoms with Gasteiger partial charge in [0.25, 0.3) is 5.91 Å². The van der Waals surface area contributed by atoms with Gasteiger partial charge in [-0.1, -0.05) is 0 Å². The predicted molar refractivity (Wildman–Crippen MR) is 63.8 cm³/mol. The largest absolute Gasteiger partial charge is 0.381 e. The maximum absolute atomic E-state index is 12.1. The Morgan fingerprint density at radius 3 is 2.71 bits per heavy atom. The van der Waals surface area contributed by atoms with E-state index in [1.165, 1.54) is 0 Å². The van der Waals surface area contributed by atoms with Crippen LogP contribution in [0.3, 0.4) is 0 Å². The zero-order valence-corrected chi connectivity index (χ0v) is 10.7. The van der Waals surface area contributed by atoms with Crippen LogP contribution in [-0.4, -0.2) is 62.4 Å². The van der Waals surface area contributed by atoms with Crippen LogP contribution < -0.4 is 5.32 Å². The van der Waals surface area contributed by atoms with Crippen molar-refractivity contribution >= 4 is 5.91 Å². The number of nitrogens with zero attached hydrogens (tertiary/aromatic N) is 1. The molecule has 2 aliphatic heterocycles. The maximum atomic E-state index is 12.1. The van der Waals surface area contributed by atoms with E-state index in [2.05, 4.69) is 17.1 Å². The Labute approximate surface area is 102 Å². The Balaban J connectivity index is 1.87. The van der Waals surface area contributed by atoms with Gasteiger partial charge in [-0.3, -0.25) is 4.79 Å².